The molecule has 0 atom stereocenters. The molecule has 0 bridgehead atoms. The second-order valence-electron chi connectivity index (χ2n) is 23.7. The number of furan rings is 3. The van der Waals surface area contributed by atoms with E-state index >= 15 is 0 Å². The minimum atomic E-state index is 0.826. The van der Waals surface area contributed by atoms with Crippen LogP contribution < -0.4 is 0 Å². The van der Waals surface area contributed by atoms with Crippen LogP contribution in [0.2, 0.25) is 0 Å². The van der Waals surface area contributed by atoms with Gasteiger partial charge >= 0.3 is 0 Å². The Hall–Kier alpha value is -13.0. The van der Waals surface area contributed by atoms with Crippen molar-refractivity contribution in [3.63, 3.8) is 0 Å². The molecule has 11 heterocycles. The fraction of sp³-hybridized carbons (Fsp3) is 0. The highest BCUT2D eigenvalue weighted by atomic mass is 16.3. The van der Waals surface area contributed by atoms with Crippen LogP contribution in [0.15, 0.2) is 305 Å². The van der Waals surface area contributed by atoms with Gasteiger partial charge in [-0.25, -0.2) is 0 Å². The molecule has 0 aliphatic carbocycles. The molecule has 0 unspecified atom stereocenters. The summed E-state index contributed by atoms with van der Waals surface area (Å²) in [6.45, 7) is 0. The first-order valence-electron chi connectivity index (χ1n) is 31.4. The quantitative estimate of drug-likeness (QED) is 0.172. The Bertz CT molecular complexity index is 6610. The molecule has 22 aromatic rings. The van der Waals surface area contributed by atoms with E-state index in [0.29, 0.717) is 0 Å². The SMILES string of the molecule is c1ccc2c(-n3c4ccccc4c4c5cccnc5c5oc6ccccc6c5c43)cccc2c1.c1ccc2c(c1)oc1c3ncccc3c3c4ccccc4n(-c4ccncc4)c3c21.c1cncc(-n2c3ccccc3c3c4cccnc4c4oc5ccccc5c4c32)c1. The van der Waals surface area contributed by atoms with Gasteiger partial charge in [0.1, 0.15) is 33.3 Å². The molecule has 0 amide bonds. The lowest BCUT2D eigenvalue weighted by Gasteiger charge is -2.12. The molecule has 0 aliphatic rings. The van der Waals surface area contributed by atoms with E-state index in [0.717, 1.165) is 137 Å². The van der Waals surface area contributed by atoms with Gasteiger partial charge < -0.3 is 27.0 Å². The summed E-state index contributed by atoms with van der Waals surface area (Å²) in [4.78, 5) is 22.9. The Labute approximate surface area is 532 Å². The zero-order valence-electron chi connectivity index (χ0n) is 50.0. The maximum atomic E-state index is 6.47. The predicted molar refractivity (Wildman–Crippen MR) is 383 cm³/mol. The van der Waals surface area contributed by atoms with E-state index in [1.54, 1.807) is 6.20 Å². The van der Waals surface area contributed by atoms with Crippen molar-refractivity contribution in [2.45, 2.75) is 0 Å². The second kappa shape index (κ2) is 20.3. The fourth-order valence-electron chi connectivity index (χ4n) is 15.1. The topological polar surface area (TPSA) is 119 Å². The molecule has 0 saturated carbocycles. The van der Waals surface area contributed by atoms with Gasteiger partial charge in [0.2, 0.25) is 0 Å². The van der Waals surface area contributed by atoms with E-state index in [9.17, 15) is 0 Å². The standard InChI is InChI=1S/C31H18N2O.2C26H15N3O/c1-2-11-20-19(9-1)10-7-16-24(20)33-25-15-5-3-12-21(25)27-23-14-8-18-32-29(23)31-28(30(27)33)22-13-4-6-17-26(22)34-31;1-3-11-20-17(8-1)22-19-10-6-14-28-24(19)26-23(18-9-2-4-12-21(18)30-26)25(22)29(20)16-7-5-13-27-15-16;1-3-9-20-17(6-1)22-19-8-5-13-28-24(19)26-23(18-7-2-4-10-21(18)30-26)25(22)29(20)16-11-14-27-15-12-16/h1-18H;2*1-15H. The largest absolute Gasteiger partial charge is 0.454 e. The lowest BCUT2D eigenvalue weighted by Crippen LogP contribution is -1.96. The van der Waals surface area contributed by atoms with E-state index in [-0.39, 0.29) is 0 Å². The molecule has 94 heavy (non-hydrogen) atoms. The van der Waals surface area contributed by atoms with Crippen LogP contribution in [0, 0.1) is 0 Å². The van der Waals surface area contributed by atoms with Crippen LogP contribution in [0.1, 0.15) is 0 Å². The van der Waals surface area contributed by atoms with Crippen molar-refractivity contribution in [3.05, 3.63) is 292 Å². The van der Waals surface area contributed by atoms with Gasteiger partial charge in [-0.3, -0.25) is 24.9 Å². The van der Waals surface area contributed by atoms with Crippen molar-refractivity contribution in [1.29, 1.82) is 0 Å². The normalized spacial score (nSPS) is 12.0. The molecule has 0 fully saturated rings. The van der Waals surface area contributed by atoms with Gasteiger partial charge in [0, 0.05) is 113 Å². The third-order valence-electron chi connectivity index (χ3n) is 18.8. The first-order valence-corrected chi connectivity index (χ1v) is 31.4. The first kappa shape index (κ1) is 51.8. The minimum Gasteiger partial charge on any atom is -0.454 e. The third-order valence-corrected chi connectivity index (χ3v) is 18.8. The van der Waals surface area contributed by atoms with Crippen molar-refractivity contribution < 1.29 is 13.3 Å². The zero-order chi connectivity index (χ0) is 61.5. The van der Waals surface area contributed by atoms with E-state index < -0.39 is 0 Å². The minimum absolute atomic E-state index is 0.826. The van der Waals surface area contributed by atoms with Crippen LogP contribution in [-0.2, 0) is 0 Å². The highest BCUT2D eigenvalue weighted by molar-refractivity contribution is 6.37. The highest BCUT2D eigenvalue weighted by Gasteiger charge is 2.27. The smallest absolute Gasteiger partial charge is 0.163 e. The predicted octanol–water partition coefficient (Wildman–Crippen LogP) is 21.6. The summed E-state index contributed by atoms with van der Waals surface area (Å²) < 4.78 is 26.3. The Balaban J connectivity index is 0.0000000973. The summed E-state index contributed by atoms with van der Waals surface area (Å²) in [6.07, 6.45) is 12.9. The monoisotopic (exact) mass is 1200 g/mol. The number of aromatic nitrogens is 8. The molecule has 11 aromatic carbocycles. The van der Waals surface area contributed by atoms with Crippen LogP contribution in [0.5, 0.6) is 0 Å². The summed E-state index contributed by atoms with van der Waals surface area (Å²) in [5.74, 6) is 0. The summed E-state index contributed by atoms with van der Waals surface area (Å²) in [5, 5.41) is 19.6. The molecular formula is C83H48N8O3. The molecule has 438 valence electrons. The number of nitrogens with zero attached hydrogens (tertiary/aromatic N) is 8. The highest BCUT2D eigenvalue weighted by Crippen LogP contribution is 2.49. The van der Waals surface area contributed by atoms with Gasteiger partial charge in [0.05, 0.1) is 66.8 Å². The maximum absolute atomic E-state index is 6.47. The van der Waals surface area contributed by atoms with Crippen molar-refractivity contribution in [2.24, 2.45) is 0 Å². The summed E-state index contributed by atoms with van der Waals surface area (Å²) in [5.41, 5.74) is 18.0. The van der Waals surface area contributed by atoms with E-state index in [4.69, 9.17) is 28.2 Å². The van der Waals surface area contributed by atoms with E-state index in [1.165, 1.54) is 54.3 Å². The molecule has 0 aliphatic heterocycles. The fourth-order valence-corrected chi connectivity index (χ4v) is 15.1. The molecule has 0 spiro atoms. The van der Waals surface area contributed by atoms with Gasteiger partial charge in [-0.2, -0.15) is 0 Å². The molecule has 0 N–H and O–H groups in total. The van der Waals surface area contributed by atoms with Gasteiger partial charge in [-0.1, -0.05) is 164 Å². The number of pyridine rings is 5. The van der Waals surface area contributed by atoms with Gasteiger partial charge in [-0.05, 0) is 90.3 Å². The average Bonchev–Trinajstić information content (AvgIpc) is 1.35. The van der Waals surface area contributed by atoms with Crippen LogP contribution in [-0.4, -0.2) is 38.6 Å². The number of para-hydroxylation sites is 6. The van der Waals surface area contributed by atoms with Crippen LogP contribution in [0.4, 0.5) is 0 Å². The van der Waals surface area contributed by atoms with Crippen molar-refractivity contribution in [2.75, 3.05) is 0 Å². The Morgan fingerprint density at radius 1 is 0.245 bits per heavy atom. The van der Waals surface area contributed by atoms with Gasteiger partial charge in [0.15, 0.2) is 16.7 Å². The van der Waals surface area contributed by atoms with Crippen LogP contribution >= 0.6 is 0 Å². The zero-order valence-corrected chi connectivity index (χ0v) is 50.0. The lowest BCUT2D eigenvalue weighted by atomic mass is 10.0. The summed E-state index contributed by atoms with van der Waals surface area (Å²) >= 11 is 0. The maximum Gasteiger partial charge on any atom is 0.163 e. The van der Waals surface area contributed by atoms with Crippen molar-refractivity contribution >= 4 is 175 Å². The van der Waals surface area contributed by atoms with E-state index in [2.05, 4.69) is 200 Å². The Morgan fingerprint density at radius 3 is 1.09 bits per heavy atom. The second-order valence-corrected chi connectivity index (χ2v) is 23.7. The number of fused-ring (bicyclic) bond motifs is 31. The van der Waals surface area contributed by atoms with E-state index in [1.807, 2.05) is 110 Å². The summed E-state index contributed by atoms with van der Waals surface area (Å²) in [6, 6.07) is 86.2. The molecule has 11 nitrogen and oxygen atoms in total. The lowest BCUT2D eigenvalue weighted by molar-refractivity contribution is 0.671. The van der Waals surface area contributed by atoms with Crippen LogP contribution in [0.25, 0.3) is 192 Å². The molecule has 0 radical (unpaired) electrons. The number of rotatable bonds is 3. The third kappa shape index (κ3) is 7.39. The Morgan fingerprint density at radius 2 is 0.617 bits per heavy atom. The molecule has 22 rings (SSSR count). The van der Waals surface area contributed by atoms with Gasteiger partial charge in [-0.15, -0.1) is 0 Å². The number of benzene rings is 11. The molecular weight excluding hydrogens is 1160 g/mol. The Kier molecular flexibility index (Phi) is 11.2. The molecule has 11 heteroatoms. The van der Waals surface area contributed by atoms with Crippen molar-refractivity contribution in [1.82, 2.24) is 38.6 Å². The van der Waals surface area contributed by atoms with Crippen molar-refractivity contribution in [3.8, 4) is 17.1 Å². The van der Waals surface area contributed by atoms with Gasteiger partial charge in [0.25, 0.3) is 0 Å². The number of hydrogen-bond donors (Lipinski definition) is 0. The average molecular weight is 1210 g/mol. The molecule has 0 saturated heterocycles. The number of hydrogen-bond acceptors (Lipinski definition) is 8. The molecule has 11 aromatic heterocycles. The summed E-state index contributed by atoms with van der Waals surface area (Å²) in [7, 11) is 0. The van der Waals surface area contributed by atoms with Crippen LogP contribution in [0.3, 0.4) is 0 Å². The first-order chi connectivity index (χ1) is 46.7.